The van der Waals surface area contributed by atoms with Crippen LogP contribution in [0.5, 0.6) is 0 Å². The molecule has 0 unspecified atom stereocenters. The average molecular weight is 233 g/mol. The molecule has 2 N–H and O–H groups in total. The van der Waals surface area contributed by atoms with Gasteiger partial charge in [-0.15, -0.1) is 0 Å². The number of nitrogens with two attached hydrogens (primary N) is 1. The van der Waals surface area contributed by atoms with Crippen LogP contribution < -0.4 is 10.6 Å². The standard InChI is InChI=1S/C14H23N3/c1-12-11-14(4-3-13(12)5-6-15)17-9-7-16(2)8-10-17/h3-4,11H,5-10,15H2,1-2H3. The van der Waals surface area contributed by atoms with Crippen LogP contribution in [0.15, 0.2) is 18.2 Å². The first kappa shape index (κ1) is 12.4. The topological polar surface area (TPSA) is 32.5 Å². The summed E-state index contributed by atoms with van der Waals surface area (Å²) < 4.78 is 0. The highest BCUT2D eigenvalue weighted by atomic mass is 15.2. The molecule has 0 aromatic heterocycles. The van der Waals surface area contributed by atoms with E-state index in [2.05, 4.69) is 42.0 Å². The lowest BCUT2D eigenvalue weighted by Gasteiger charge is -2.34. The van der Waals surface area contributed by atoms with Gasteiger partial charge in [-0.05, 0) is 50.2 Å². The predicted octanol–water partition coefficient (Wildman–Crippen LogP) is 1.25. The quantitative estimate of drug-likeness (QED) is 0.853. The van der Waals surface area contributed by atoms with Gasteiger partial charge in [-0.2, -0.15) is 0 Å². The molecule has 0 spiro atoms. The fraction of sp³-hybridized carbons (Fsp3) is 0.571. The Kier molecular flexibility index (Phi) is 4.02. The first-order valence-corrected chi connectivity index (χ1v) is 6.44. The lowest BCUT2D eigenvalue weighted by molar-refractivity contribution is 0.313. The first-order chi connectivity index (χ1) is 8.20. The van der Waals surface area contributed by atoms with E-state index < -0.39 is 0 Å². The Bertz CT molecular complexity index is 368. The molecule has 3 nitrogen and oxygen atoms in total. The molecule has 1 aromatic rings. The van der Waals surface area contributed by atoms with Gasteiger partial charge in [0.1, 0.15) is 0 Å². The van der Waals surface area contributed by atoms with Gasteiger partial charge < -0.3 is 15.5 Å². The number of aryl methyl sites for hydroxylation is 1. The van der Waals surface area contributed by atoms with Crippen molar-refractivity contribution in [3.8, 4) is 0 Å². The van der Waals surface area contributed by atoms with Gasteiger partial charge in [0.25, 0.3) is 0 Å². The SMILES string of the molecule is Cc1cc(N2CCN(C)CC2)ccc1CCN. The molecule has 1 saturated heterocycles. The Hall–Kier alpha value is -1.06. The lowest BCUT2D eigenvalue weighted by Crippen LogP contribution is -2.44. The van der Waals surface area contributed by atoms with Crippen molar-refractivity contribution in [1.82, 2.24) is 4.90 Å². The van der Waals surface area contributed by atoms with Crippen molar-refractivity contribution < 1.29 is 0 Å². The third-order valence-corrected chi connectivity index (χ3v) is 3.61. The summed E-state index contributed by atoms with van der Waals surface area (Å²) in [7, 11) is 2.19. The molecule has 1 aliphatic rings. The van der Waals surface area contributed by atoms with Crippen LogP contribution in [-0.2, 0) is 6.42 Å². The van der Waals surface area contributed by atoms with E-state index in [0.29, 0.717) is 0 Å². The molecule has 0 radical (unpaired) electrons. The Morgan fingerprint density at radius 3 is 2.47 bits per heavy atom. The van der Waals surface area contributed by atoms with Crippen molar-refractivity contribution in [3.63, 3.8) is 0 Å². The van der Waals surface area contributed by atoms with E-state index in [-0.39, 0.29) is 0 Å². The highest BCUT2D eigenvalue weighted by Gasteiger charge is 2.14. The van der Waals surface area contributed by atoms with Crippen LogP contribution in [0.4, 0.5) is 5.69 Å². The molecule has 0 saturated carbocycles. The largest absolute Gasteiger partial charge is 0.369 e. The van der Waals surface area contributed by atoms with Gasteiger partial charge in [-0.1, -0.05) is 6.07 Å². The highest BCUT2D eigenvalue weighted by molar-refractivity contribution is 5.51. The molecule has 0 amide bonds. The van der Waals surface area contributed by atoms with Gasteiger partial charge in [0.05, 0.1) is 0 Å². The minimum Gasteiger partial charge on any atom is -0.369 e. The number of rotatable bonds is 3. The third-order valence-electron chi connectivity index (χ3n) is 3.61. The van der Waals surface area contributed by atoms with E-state index in [1.165, 1.54) is 16.8 Å². The Labute approximate surface area is 104 Å². The number of likely N-dealkylation sites (N-methyl/N-ethyl adjacent to an activating group) is 1. The summed E-state index contributed by atoms with van der Waals surface area (Å²) in [5.41, 5.74) is 9.71. The summed E-state index contributed by atoms with van der Waals surface area (Å²) >= 11 is 0. The summed E-state index contributed by atoms with van der Waals surface area (Å²) in [5, 5.41) is 0. The zero-order chi connectivity index (χ0) is 12.3. The van der Waals surface area contributed by atoms with E-state index in [1.807, 2.05) is 0 Å². The predicted molar refractivity (Wildman–Crippen MR) is 73.6 cm³/mol. The van der Waals surface area contributed by atoms with Crippen molar-refractivity contribution in [1.29, 1.82) is 0 Å². The van der Waals surface area contributed by atoms with Crippen LogP contribution in [0.25, 0.3) is 0 Å². The smallest absolute Gasteiger partial charge is 0.0369 e. The maximum Gasteiger partial charge on any atom is 0.0369 e. The molecule has 94 valence electrons. The minimum absolute atomic E-state index is 0.731. The summed E-state index contributed by atoms with van der Waals surface area (Å²) in [6.45, 7) is 7.49. The zero-order valence-corrected chi connectivity index (χ0v) is 10.9. The molecule has 1 aromatic carbocycles. The second-order valence-electron chi connectivity index (χ2n) is 4.94. The molecular formula is C14H23N3. The van der Waals surface area contributed by atoms with Gasteiger partial charge in [-0.25, -0.2) is 0 Å². The zero-order valence-electron chi connectivity index (χ0n) is 10.9. The first-order valence-electron chi connectivity index (χ1n) is 6.44. The highest BCUT2D eigenvalue weighted by Crippen LogP contribution is 2.20. The van der Waals surface area contributed by atoms with Gasteiger partial charge >= 0.3 is 0 Å². The van der Waals surface area contributed by atoms with E-state index >= 15 is 0 Å². The number of nitrogens with zero attached hydrogens (tertiary/aromatic N) is 2. The summed E-state index contributed by atoms with van der Waals surface area (Å²) in [6.07, 6.45) is 0.981. The van der Waals surface area contributed by atoms with Crippen molar-refractivity contribution in [2.24, 2.45) is 5.73 Å². The van der Waals surface area contributed by atoms with E-state index in [0.717, 1.165) is 39.1 Å². The monoisotopic (exact) mass is 233 g/mol. The molecule has 1 heterocycles. The van der Waals surface area contributed by atoms with Crippen molar-refractivity contribution in [3.05, 3.63) is 29.3 Å². The van der Waals surface area contributed by atoms with Crippen LogP contribution in [0.2, 0.25) is 0 Å². The average Bonchev–Trinajstić information content (AvgIpc) is 2.33. The molecule has 1 fully saturated rings. The van der Waals surface area contributed by atoms with Gasteiger partial charge in [0.15, 0.2) is 0 Å². The van der Waals surface area contributed by atoms with Crippen LogP contribution in [0.3, 0.4) is 0 Å². The van der Waals surface area contributed by atoms with Gasteiger partial charge in [0, 0.05) is 31.9 Å². The number of hydrogen-bond donors (Lipinski definition) is 1. The molecule has 2 rings (SSSR count). The fourth-order valence-corrected chi connectivity index (χ4v) is 2.38. The van der Waals surface area contributed by atoms with E-state index in [4.69, 9.17) is 5.73 Å². The van der Waals surface area contributed by atoms with E-state index in [9.17, 15) is 0 Å². The molecular weight excluding hydrogens is 210 g/mol. The Morgan fingerprint density at radius 1 is 1.18 bits per heavy atom. The Balaban J connectivity index is 2.09. The summed E-state index contributed by atoms with van der Waals surface area (Å²) in [4.78, 5) is 4.85. The van der Waals surface area contributed by atoms with Gasteiger partial charge in [-0.3, -0.25) is 0 Å². The summed E-state index contributed by atoms with van der Waals surface area (Å²) in [6, 6.07) is 6.77. The maximum atomic E-state index is 5.61. The molecule has 3 heteroatoms. The van der Waals surface area contributed by atoms with Crippen LogP contribution in [0.1, 0.15) is 11.1 Å². The third kappa shape index (κ3) is 2.99. The van der Waals surface area contributed by atoms with Crippen LogP contribution in [-0.4, -0.2) is 44.7 Å². The molecule has 0 bridgehead atoms. The van der Waals surface area contributed by atoms with E-state index in [1.54, 1.807) is 0 Å². The summed E-state index contributed by atoms with van der Waals surface area (Å²) in [5.74, 6) is 0. The number of piperazine rings is 1. The Morgan fingerprint density at radius 2 is 1.88 bits per heavy atom. The number of hydrogen-bond acceptors (Lipinski definition) is 3. The second-order valence-corrected chi connectivity index (χ2v) is 4.94. The van der Waals surface area contributed by atoms with Gasteiger partial charge in [0.2, 0.25) is 0 Å². The fourth-order valence-electron chi connectivity index (χ4n) is 2.38. The maximum absolute atomic E-state index is 5.61. The minimum atomic E-state index is 0.731. The molecule has 0 atom stereocenters. The van der Waals surface area contributed by atoms with Crippen molar-refractivity contribution in [2.45, 2.75) is 13.3 Å². The van der Waals surface area contributed by atoms with Crippen LogP contribution in [0, 0.1) is 6.92 Å². The number of benzene rings is 1. The number of anilines is 1. The lowest BCUT2D eigenvalue weighted by atomic mass is 10.0. The molecule has 0 aliphatic carbocycles. The van der Waals surface area contributed by atoms with Crippen molar-refractivity contribution in [2.75, 3.05) is 44.7 Å². The normalized spacial score (nSPS) is 17.5. The second kappa shape index (κ2) is 5.52. The molecule has 1 aliphatic heterocycles. The van der Waals surface area contributed by atoms with Crippen LogP contribution >= 0.6 is 0 Å². The van der Waals surface area contributed by atoms with Crippen molar-refractivity contribution >= 4 is 5.69 Å². The molecule has 17 heavy (non-hydrogen) atoms.